The van der Waals surface area contributed by atoms with Crippen molar-refractivity contribution in [3.63, 3.8) is 0 Å². The van der Waals surface area contributed by atoms with Crippen molar-refractivity contribution in [2.75, 3.05) is 18.0 Å². The van der Waals surface area contributed by atoms with Gasteiger partial charge in [0.05, 0.1) is 5.69 Å². The Bertz CT molecular complexity index is 952. The van der Waals surface area contributed by atoms with Gasteiger partial charge in [0, 0.05) is 18.8 Å². The lowest BCUT2D eigenvalue weighted by Gasteiger charge is -2.27. The third-order valence-corrected chi connectivity index (χ3v) is 5.44. The van der Waals surface area contributed by atoms with E-state index in [1.165, 1.54) is 12.1 Å². The van der Waals surface area contributed by atoms with Crippen LogP contribution in [0.3, 0.4) is 0 Å². The highest BCUT2D eigenvalue weighted by Crippen LogP contribution is 2.42. The number of halogens is 3. The van der Waals surface area contributed by atoms with Crippen LogP contribution < -0.4 is 4.90 Å². The summed E-state index contributed by atoms with van der Waals surface area (Å²) in [5.74, 6) is 0. The molecule has 8 nitrogen and oxygen atoms in total. The SMILES string of the molecule is Cc1nnc(N=Nc2ccc(N3CCCC3)cc2[N-]S(=O)(=O)C(F)(F)F)s1. The standard InChI is InChI=1S/C14H14F3N6O2S2/c1-9-18-20-13(26-9)21-19-11-5-4-10(23-6-2-3-7-23)8-12(11)22-27(24,25)14(15,16)17/h4-5,8H,2-3,6-7H2,1H3/q-1. The Morgan fingerprint density at radius 3 is 2.48 bits per heavy atom. The van der Waals surface area contributed by atoms with Crippen molar-refractivity contribution < 1.29 is 21.6 Å². The summed E-state index contributed by atoms with van der Waals surface area (Å²) in [5.41, 5.74) is -5.46. The van der Waals surface area contributed by atoms with Gasteiger partial charge in [-0.3, -0.25) is 0 Å². The number of aryl methyl sites for hydroxylation is 1. The van der Waals surface area contributed by atoms with Crippen molar-refractivity contribution in [2.24, 2.45) is 10.2 Å². The molecule has 146 valence electrons. The highest BCUT2D eigenvalue weighted by molar-refractivity contribution is 7.95. The number of nitrogens with zero attached hydrogens (tertiary/aromatic N) is 6. The van der Waals surface area contributed by atoms with Crippen molar-refractivity contribution in [1.29, 1.82) is 0 Å². The molecule has 1 aliphatic heterocycles. The van der Waals surface area contributed by atoms with Crippen molar-refractivity contribution in [1.82, 2.24) is 10.2 Å². The number of rotatable bonds is 5. The molecule has 0 bridgehead atoms. The first-order valence-electron chi connectivity index (χ1n) is 7.81. The van der Waals surface area contributed by atoms with Gasteiger partial charge in [0.1, 0.15) is 5.01 Å². The third-order valence-electron chi connectivity index (χ3n) is 3.70. The molecule has 1 aromatic carbocycles. The Morgan fingerprint density at radius 2 is 1.89 bits per heavy atom. The molecule has 1 aliphatic rings. The zero-order valence-corrected chi connectivity index (χ0v) is 15.6. The molecule has 27 heavy (non-hydrogen) atoms. The summed E-state index contributed by atoms with van der Waals surface area (Å²) >= 11 is 1.13. The van der Waals surface area contributed by atoms with E-state index in [1.54, 1.807) is 13.0 Å². The molecule has 3 rings (SSSR count). The van der Waals surface area contributed by atoms with Crippen LogP contribution in [0.4, 0.5) is 35.4 Å². The molecule has 13 heteroatoms. The maximum atomic E-state index is 12.7. The van der Waals surface area contributed by atoms with Crippen LogP contribution in [0, 0.1) is 6.92 Å². The van der Waals surface area contributed by atoms with Gasteiger partial charge in [-0.2, -0.15) is 13.2 Å². The lowest BCUT2D eigenvalue weighted by Crippen LogP contribution is -2.21. The predicted octanol–water partition coefficient (Wildman–Crippen LogP) is 4.72. The fraction of sp³-hybridized carbons (Fsp3) is 0.429. The first-order valence-corrected chi connectivity index (χ1v) is 10.1. The topological polar surface area (TPSA) is 102 Å². The van der Waals surface area contributed by atoms with Gasteiger partial charge in [-0.1, -0.05) is 23.1 Å². The van der Waals surface area contributed by atoms with Crippen LogP contribution in [0.5, 0.6) is 0 Å². The van der Waals surface area contributed by atoms with Crippen LogP contribution in [0.2, 0.25) is 0 Å². The van der Waals surface area contributed by atoms with Crippen LogP contribution in [-0.4, -0.2) is 37.2 Å². The van der Waals surface area contributed by atoms with E-state index in [1.807, 2.05) is 4.90 Å². The Balaban J connectivity index is 1.97. The molecular formula is C14H14F3N6O2S2-. The lowest BCUT2D eigenvalue weighted by atomic mass is 10.2. The number of alkyl halides is 3. The van der Waals surface area contributed by atoms with Gasteiger partial charge < -0.3 is 9.62 Å². The molecule has 0 saturated carbocycles. The Hall–Kier alpha value is -2.28. The van der Waals surface area contributed by atoms with E-state index >= 15 is 0 Å². The molecule has 1 saturated heterocycles. The summed E-state index contributed by atoms with van der Waals surface area (Å²) in [6.45, 7) is 3.17. The first kappa shape index (κ1) is 19.5. The van der Waals surface area contributed by atoms with E-state index in [2.05, 4.69) is 25.1 Å². The number of benzene rings is 1. The second-order valence-corrected chi connectivity index (χ2v) is 8.44. The van der Waals surface area contributed by atoms with Gasteiger partial charge >= 0.3 is 5.51 Å². The summed E-state index contributed by atoms with van der Waals surface area (Å²) in [4.78, 5) is 1.94. The molecule has 0 unspecified atom stereocenters. The van der Waals surface area contributed by atoms with Gasteiger partial charge in [-0.25, -0.2) is 8.42 Å². The second kappa shape index (κ2) is 7.38. The fourth-order valence-electron chi connectivity index (χ4n) is 2.45. The number of aromatic nitrogens is 2. The molecule has 1 fully saturated rings. The van der Waals surface area contributed by atoms with Gasteiger partial charge in [-0.15, -0.1) is 20.4 Å². The molecule has 0 N–H and O–H groups in total. The van der Waals surface area contributed by atoms with E-state index in [4.69, 9.17) is 0 Å². The Kier molecular flexibility index (Phi) is 5.33. The Morgan fingerprint density at radius 1 is 1.19 bits per heavy atom. The molecule has 0 aliphatic carbocycles. The highest BCUT2D eigenvalue weighted by Gasteiger charge is 2.39. The summed E-state index contributed by atoms with van der Waals surface area (Å²) < 4.78 is 64.1. The fourth-order valence-corrected chi connectivity index (χ4v) is 3.46. The van der Waals surface area contributed by atoms with Gasteiger partial charge in [0.2, 0.25) is 0 Å². The molecule has 0 radical (unpaired) electrons. The van der Waals surface area contributed by atoms with Crippen molar-refractivity contribution in [3.8, 4) is 0 Å². The minimum atomic E-state index is -5.71. The normalized spacial score (nSPS) is 15.6. The average molecular weight is 419 g/mol. The maximum Gasteiger partial charge on any atom is 0.483 e. The van der Waals surface area contributed by atoms with E-state index in [-0.39, 0.29) is 10.8 Å². The van der Waals surface area contributed by atoms with Crippen LogP contribution in [0.25, 0.3) is 4.72 Å². The minimum absolute atomic E-state index is 0.112. The van der Waals surface area contributed by atoms with Crippen molar-refractivity contribution in [2.45, 2.75) is 25.3 Å². The first-order chi connectivity index (χ1) is 12.7. The van der Waals surface area contributed by atoms with Gasteiger partial charge in [0.15, 0.2) is 10.0 Å². The monoisotopic (exact) mass is 419 g/mol. The zero-order valence-electron chi connectivity index (χ0n) is 14.0. The molecule has 0 amide bonds. The van der Waals surface area contributed by atoms with Crippen LogP contribution in [0.1, 0.15) is 17.8 Å². The molecule has 1 aromatic heterocycles. The van der Waals surface area contributed by atoms with Crippen LogP contribution in [-0.2, 0) is 10.0 Å². The number of anilines is 1. The maximum absolute atomic E-state index is 12.7. The van der Waals surface area contributed by atoms with Gasteiger partial charge in [0.25, 0.3) is 5.13 Å². The molecule has 2 aromatic rings. The summed E-state index contributed by atoms with van der Waals surface area (Å²) in [6.07, 6.45) is 1.90. The van der Waals surface area contributed by atoms with Crippen LogP contribution in [0.15, 0.2) is 28.4 Å². The van der Waals surface area contributed by atoms with E-state index in [0.717, 1.165) is 37.3 Å². The van der Waals surface area contributed by atoms with Gasteiger partial charge in [-0.05, 0) is 31.9 Å². The second-order valence-electron chi connectivity index (χ2n) is 5.68. The zero-order chi connectivity index (χ0) is 19.7. The number of hydrogen-bond acceptors (Lipinski definition) is 8. The molecule has 0 atom stereocenters. The smallest absolute Gasteiger partial charge is 0.483 e. The van der Waals surface area contributed by atoms with Crippen molar-refractivity contribution in [3.05, 3.63) is 27.9 Å². The summed E-state index contributed by atoms with van der Waals surface area (Å²) in [5, 5.41) is 15.9. The van der Waals surface area contributed by atoms with E-state index in [0.29, 0.717) is 10.7 Å². The lowest BCUT2D eigenvalue weighted by molar-refractivity contribution is -0.0425. The largest absolute Gasteiger partial charge is 0.568 e. The quantitative estimate of drug-likeness (QED) is 0.653. The molecule has 0 spiro atoms. The number of azo groups is 1. The van der Waals surface area contributed by atoms with Crippen molar-refractivity contribution >= 4 is 43.6 Å². The molecule has 2 heterocycles. The Labute approximate surface area is 157 Å². The summed E-state index contributed by atoms with van der Waals surface area (Å²) in [6, 6.07) is 4.30. The highest BCUT2D eigenvalue weighted by atomic mass is 32.2. The summed E-state index contributed by atoms with van der Waals surface area (Å²) in [7, 11) is -5.71. The van der Waals surface area contributed by atoms with E-state index in [9.17, 15) is 21.6 Å². The average Bonchev–Trinajstić information content (AvgIpc) is 3.24. The van der Waals surface area contributed by atoms with Crippen LogP contribution >= 0.6 is 11.3 Å². The minimum Gasteiger partial charge on any atom is -0.568 e. The third kappa shape index (κ3) is 4.53. The molecular weight excluding hydrogens is 405 g/mol. The number of hydrogen-bond donors (Lipinski definition) is 0. The van der Waals surface area contributed by atoms with E-state index < -0.39 is 21.2 Å². The predicted molar refractivity (Wildman–Crippen MR) is 94.7 cm³/mol. The number of sulfonamides is 1.